The maximum atomic E-state index is 13.4. The number of carbonyl (C=O) groups is 2. The van der Waals surface area contributed by atoms with Crippen LogP contribution in [0.25, 0.3) is 0 Å². The Hall–Kier alpha value is -2.82. The Bertz CT molecular complexity index is 1130. The zero-order valence-electron chi connectivity index (χ0n) is 17.6. The third-order valence-corrected chi connectivity index (χ3v) is 7.78. The molecule has 2 aliphatic rings. The van der Waals surface area contributed by atoms with Gasteiger partial charge in [-0.2, -0.15) is 4.31 Å². The highest BCUT2D eigenvalue weighted by molar-refractivity contribution is 7.89. The summed E-state index contributed by atoms with van der Waals surface area (Å²) in [6.07, 6.45) is 0.283. The van der Waals surface area contributed by atoms with E-state index in [0.29, 0.717) is 24.3 Å². The molecule has 0 aromatic heterocycles. The molecule has 170 valence electrons. The predicted octanol–water partition coefficient (Wildman–Crippen LogP) is 2.20. The molecule has 2 aliphatic heterocycles. The van der Waals surface area contributed by atoms with Crippen molar-refractivity contribution >= 4 is 22.0 Å². The number of sulfonamides is 1. The first-order chi connectivity index (χ1) is 15.3. The summed E-state index contributed by atoms with van der Waals surface area (Å²) in [6, 6.07) is 11.1. The average molecular weight is 462 g/mol. The van der Waals surface area contributed by atoms with Gasteiger partial charge in [0, 0.05) is 13.1 Å². The summed E-state index contributed by atoms with van der Waals surface area (Å²) < 4.78 is 45.8. The van der Waals surface area contributed by atoms with E-state index < -0.39 is 33.3 Å². The van der Waals surface area contributed by atoms with Crippen molar-refractivity contribution in [2.24, 2.45) is 0 Å². The van der Waals surface area contributed by atoms with Crippen LogP contribution >= 0.6 is 0 Å². The van der Waals surface area contributed by atoms with Crippen LogP contribution in [0.1, 0.15) is 24.5 Å². The molecule has 0 saturated carbocycles. The summed E-state index contributed by atoms with van der Waals surface area (Å²) in [5.41, 5.74) is -0.290. The van der Waals surface area contributed by atoms with Gasteiger partial charge < -0.3 is 10.1 Å². The lowest BCUT2D eigenvalue weighted by Crippen LogP contribution is -2.43. The highest BCUT2D eigenvalue weighted by Gasteiger charge is 2.51. The number of imide groups is 1. The van der Waals surface area contributed by atoms with Crippen LogP contribution in [-0.4, -0.2) is 55.9 Å². The monoisotopic (exact) mass is 461 g/mol. The van der Waals surface area contributed by atoms with E-state index in [-0.39, 0.29) is 31.0 Å². The zero-order chi connectivity index (χ0) is 22.9. The van der Waals surface area contributed by atoms with E-state index in [4.69, 9.17) is 4.74 Å². The minimum absolute atomic E-state index is 0.0833. The van der Waals surface area contributed by atoms with Gasteiger partial charge in [0.1, 0.15) is 11.4 Å². The predicted molar refractivity (Wildman–Crippen MR) is 113 cm³/mol. The largest absolute Gasteiger partial charge is 0.379 e. The second-order valence-electron chi connectivity index (χ2n) is 7.75. The fourth-order valence-electron chi connectivity index (χ4n) is 4.07. The van der Waals surface area contributed by atoms with Crippen LogP contribution in [0.2, 0.25) is 0 Å². The van der Waals surface area contributed by atoms with Crippen molar-refractivity contribution < 1.29 is 27.1 Å². The Labute approximate surface area is 186 Å². The van der Waals surface area contributed by atoms with Gasteiger partial charge in [0.25, 0.3) is 5.91 Å². The molecule has 2 heterocycles. The molecule has 0 unspecified atom stereocenters. The fourth-order valence-corrected chi connectivity index (χ4v) is 5.55. The van der Waals surface area contributed by atoms with Gasteiger partial charge in [-0.15, -0.1) is 0 Å². The Morgan fingerprint density at radius 1 is 1.09 bits per heavy atom. The molecular weight excluding hydrogens is 437 g/mol. The number of hydrogen-bond acceptors (Lipinski definition) is 5. The number of halogens is 1. The molecule has 2 fully saturated rings. The second-order valence-corrected chi connectivity index (χ2v) is 9.69. The van der Waals surface area contributed by atoms with Crippen molar-refractivity contribution in [2.75, 3.05) is 26.3 Å². The third-order valence-electron chi connectivity index (χ3n) is 5.89. The van der Waals surface area contributed by atoms with Crippen LogP contribution in [0.5, 0.6) is 0 Å². The molecular formula is C22H24FN3O5S. The van der Waals surface area contributed by atoms with Crippen LogP contribution in [-0.2, 0) is 31.6 Å². The standard InChI is InChI=1S/C22H24FN3O5S/c1-2-22(17-6-8-18(23)9-7-17)20(27)26(21(28)24-22)15-16-4-3-5-19(14-16)32(29,30)25-10-12-31-13-11-25/h3-9,14H,2,10-13,15H2,1H3,(H,24,28)/t22-/m1/s1. The van der Waals surface area contributed by atoms with E-state index in [0.717, 1.165) is 4.90 Å². The van der Waals surface area contributed by atoms with Gasteiger partial charge in [-0.1, -0.05) is 31.2 Å². The highest BCUT2D eigenvalue weighted by Crippen LogP contribution is 2.33. The smallest absolute Gasteiger partial charge is 0.325 e. The number of morpholine rings is 1. The molecule has 8 nitrogen and oxygen atoms in total. The van der Waals surface area contributed by atoms with Gasteiger partial charge in [-0.05, 0) is 41.8 Å². The lowest BCUT2D eigenvalue weighted by molar-refractivity contribution is -0.132. The van der Waals surface area contributed by atoms with Crippen molar-refractivity contribution in [3.63, 3.8) is 0 Å². The first-order valence-electron chi connectivity index (χ1n) is 10.3. The van der Waals surface area contributed by atoms with E-state index in [1.54, 1.807) is 19.1 Å². The van der Waals surface area contributed by atoms with Gasteiger partial charge in [-0.25, -0.2) is 17.6 Å². The Balaban J connectivity index is 1.59. The number of urea groups is 1. The number of nitrogens with one attached hydrogen (secondary N) is 1. The molecule has 2 aromatic rings. The number of rotatable bonds is 6. The molecule has 10 heteroatoms. The average Bonchev–Trinajstić information content (AvgIpc) is 3.05. The van der Waals surface area contributed by atoms with Gasteiger partial charge in [0.15, 0.2) is 0 Å². The SMILES string of the molecule is CC[C@]1(c2ccc(F)cc2)NC(=O)N(Cc2cccc(S(=O)(=O)N3CCOCC3)c2)C1=O. The normalized spacial score (nSPS) is 22.2. The zero-order valence-corrected chi connectivity index (χ0v) is 18.4. The third kappa shape index (κ3) is 3.89. The Morgan fingerprint density at radius 3 is 2.44 bits per heavy atom. The van der Waals surface area contributed by atoms with Crippen molar-refractivity contribution in [2.45, 2.75) is 30.3 Å². The molecule has 1 atom stereocenters. The molecule has 2 aromatic carbocycles. The summed E-state index contributed by atoms with van der Waals surface area (Å²) >= 11 is 0. The van der Waals surface area contributed by atoms with E-state index in [2.05, 4.69) is 5.32 Å². The van der Waals surface area contributed by atoms with Crippen LogP contribution in [0.15, 0.2) is 53.4 Å². The number of ether oxygens (including phenoxy) is 1. The maximum Gasteiger partial charge on any atom is 0.325 e. The van der Waals surface area contributed by atoms with Crippen LogP contribution in [0, 0.1) is 5.82 Å². The lowest BCUT2D eigenvalue weighted by Gasteiger charge is -2.26. The molecule has 0 bridgehead atoms. The molecule has 32 heavy (non-hydrogen) atoms. The number of nitrogens with zero attached hydrogens (tertiary/aromatic N) is 2. The van der Waals surface area contributed by atoms with Gasteiger partial charge in [-0.3, -0.25) is 9.69 Å². The molecule has 0 spiro atoms. The molecule has 1 N–H and O–H groups in total. The maximum absolute atomic E-state index is 13.4. The molecule has 4 rings (SSSR count). The second kappa shape index (κ2) is 8.61. The summed E-state index contributed by atoms with van der Waals surface area (Å²) in [5, 5.41) is 2.74. The summed E-state index contributed by atoms with van der Waals surface area (Å²) in [4.78, 5) is 27.2. The quantitative estimate of drug-likeness (QED) is 0.666. The lowest BCUT2D eigenvalue weighted by atomic mass is 9.87. The molecule has 0 aliphatic carbocycles. The number of hydrogen-bond donors (Lipinski definition) is 1. The highest BCUT2D eigenvalue weighted by atomic mass is 32.2. The Kier molecular flexibility index (Phi) is 6.02. The fraction of sp³-hybridized carbons (Fsp3) is 0.364. The number of benzene rings is 2. The Morgan fingerprint density at radius 2 is 1.78 bits per heavy atom. The molecule has 2 saturated heterocycles. The minimum atomic E-state index is -3.71. The summed E-state index contributed by atoms with van der Waals surface area (Å²) in [7, 11) is -3.71. The van der Waals surface area contributed by atoms with E-state index in [9.17, 15) is 22.4 Å². The van der Waals surface area contributed by atoms with Gasteiger partial charge >= 0.3 is 6.03 Å². The van der Waals surface area contributed by atoms with Gasteiger partial charge in [0.2, 0.25) is 10.0 Å². The number of carbonyl (C=O) groups excluding carboxylic acids is 2. The van der Waals surface area contributed by atoms with Crippen molar-refractivity contribution in [1.29, 1.82) is 0 Å². The van der Waals surface area contributed by atoms with Crippen molar-refractivity contribution in [3.05, 3.63) is 65.5 Å². The molecule has 3 amide bonds. The molecule has 0 radical (unpaired) electrons. The summed E-state index contributed by atoms with van der Waals surface area (Å²) in [5.74, 6) is -0.898. The van der Waals surface area contributed by atoms with Crippen LogP contribution < -0.4 is 5.32 Å². The van der Waals surface area contributed by atoms with Crippen molar-refractivity contribution in [3.8, 4) is 0 Å². The van der Waals surface area contributed by atoms with Gasteiger partial charge in [0.05, 0.1) is 24.7 Å². The minimum Gasteiger partial charge on any atom is -0.379 e. The van der Waals surface area contributed by atoms with Crippen LogP contribution in [0.4, 0.5) is 9.18 Å². The van der Waals surface area contributed by atoms with E-state index in [1.165, 1.54) is 40.7 Å². The van der Waals surface area contributed by atoms with E-state index in [1.807, 2.05) is 0 Å². The first-order valence-corrected chi connectivity index (χ1v) is 11.8. The first kappa shape index (κ1) is 22.4. The van der Waals surface area contributed by atoms with Crippen LogP contribution in [0.3, 0.4) is 0 Å². The van der Waals surface area contributed by atoms with Crippen molar-refractivity contribution in [1.82, 2.24) is 14.5 Å². The summed E-state index contributed by atoms with van der Waals surface area (Å²) in [6.45, 7) is 2.90. The topological polar surface area (TPSA) is 96.0 Å². The number of amides is 3. The van der Waals surface area contributed by atoms with E-state index >= 15 is 0 Å².